The van der Waals surface area contributed by atoms with Gasteiger partial charge in [-0.1, -0.05) is 9.59 Å². The fraction of sp³-hybridized carbons (Fsp3) is 0. The Kier molecular flexibility index (Phi) is 3.61. The van der Waals surface area contributed by atoms with E-state index in [2.05, 4.69) is 25.4 Å². The molecule has 0 bridgehead atoms. The Morgan fingerprint density at radius 1 is 1.32 bits per heavy atom. The smallest absolute Gasteiger partial charge is 0.338 e. The van der Waals surface area contributed by atoms with Gasteiger partial charge in [-0.15, -0.1) is 0 Å². The van der Waals surface area contributed by atoms with E-state index >= 15 is 0 Å². The van der Waals surface area contributed by atoms with Gasteiger partial charge in [0.15, 0.2) is 0 Å². The van der Waals surface area contributed by atoms with Crippen LogP contribution in [0.1, 0.15) is 10.4 Å². The molecule has 1 aromatic heterocycles. The summed E-state index contributed by atoms with van der Waals surface area (Å²) in [5.74, 6) is -2.30. The fourth-order valence-electron chi connectivity index (χ4n) is 1.21. The van der Waals surface area contributed by atoms with Crippen molar-refractivity contribution in [1.29, 1.82) is 0 Å². The number of nitrogens with one attached hydrogen (secondary N) is 2. The lowest BCUT2D eigenvalue weighted by Gasteiger charge is -2.06. The third-order valence-corrected chi connectivity index (χ3v) is 2.49. The van der Waals surface area contributed by atoms with Crippen molar-refractivity contribution in [1.82, 2.24) is 14.8 Å². The van der Waals surface area contributed by atoms with Gasteiger partial charge in [0.2, 0.25) is 5.13 Å². The highest BCUT2D eigenvalue weighted by Gasteiger charge is 2.12. The van der Waals surface area contributed by atoms with Gasteiger partial charge in [-0.2, -0.15) is 0 Å². The highest BCUT2D eigenvalue weighted by molar-refractivity contribution is 7.09. The van der Waals surface area contributed by atoms with Crippen molar-refractivity contribution in [2.75, 3.05) is 10.6 Å². The Morgan fingerprint density at radius 2 is 2.11 bits per heavy atom. The molecule has 8 nitrogen and oxygen atoms in total. The van der Waals surface area contributed by atoms with Gasteiger partial charge in [0.25, 0.3) is 0 Å². The first-order valence-corrected chi connectivity index (χ1v) is 5.59. The molecule has 0 aliphatic rings. The summed E-state index contributed by atoms with van der Waals surface area (Å²) in [5, 5.41) is 20.3. The summed E-state index contributed by atoms with van der Waals surface area (Å²) in [6.45, 7) is 0. The molecule has 0 aliphatic carbocycles. The van der Waals surface area contributed by atoms with Crippen molar-refractivity contribution in [2.45, 2.75) is 0 Å². The van der Waals surface area contributed by atoms with Crippen molar-refractivity contribution < 1.29 is 19.1 Å². The van der Waals surface area contributed by atoms with Crippen molar-refractivity contribution in [3.63, 3.8) is 0 Å². The number of rotatable bonds is 3. The van der Waals surface area contributed by atoms with Crippen molar-refractivity contribution >= 4 is 34.4 Å². The van der Waals surface area contributed by atoms with Crippen LogP contribution in [0.25, 0.3) is 0 Å². The van der Waals surface area contributed by atoms with Gasteiger partial charge >= 0.3 is 12.0 Å². The number of carboxylic acids is 1. The van der Waals surface area contributed by atoms with Crippen LogP contribution in [-0.4, -0.2) is 31.9 Å². The standard InChI is InChI=1S/C9H6FN5O3S/c10-6-2-1-4(3-5(6)7(16)17)11-8(18)12-9-13-14-15-19-9/h1-3H,(H,16,17)(H2,11,12,13,15,18). The number of hydrogen-bond donors (Lipinski definition) is 3. The monoisotopic (exact) mass is 283 g/mol. The van der Waals surface area contributed by atoms with Gasteiger partial charge < -0.3 is 10.4 Å². The number of halogens is 1. The van der Waals surface area contributed by atoms with Gasteiger partial charge in [-0.25, -0.2) is 14.0 Å². The number of urea groups is 1. The molecule has 2 amide bonds. The third-order valence-electron chi connectivity index (χ3n) is 1.97. The molecule has 98 valence electrons. The summed E-state index contributed by atoms with van der Waals surface area (Å²) in [7, 11) is 0. The lowest BCUT2D eigenvalue weighted by atomic mass is 10.2. The average molecular weight is 283 g/mol. The normalized spacial score (nSPS) is 9.95. The Hall–Kier alpha value is -2.62. The molecule has 0 saturated carbocycles. The van der Waals surface area contributed by atoms with Crippen LogP contribution in [0.5, 0.6) is 0 Å². The maximum Gasteiger partial charge on any atom is 0.338 e. The van der Waals surface area contributed by atoms with Crippen LogP contribution in [0.2, 0.25) is 0 Å². The zero-order chi connectivity index (χ0) is 13.8. The predicted molar refractivity (Wildman–Crippen MR) is 63.7 cm³/mol. The number of carbonyl (C=O) groups is 2. The minimum absolute atomic E-state index is 0.133. The summed E-state index contributed by atoms with van der Waals surface area (Å²) >= 11 is 0.874. The average Bonchev–Trinajstić information content (AvgIpc) is 2.84. The molecule has 0 radical (unpaired) electrons. The molecule has 1 heterocycles. The van der Waals surface area contributed by atoms with E-state index < -0.39 is 23.4 Å². The number of aromatic carboxylic acids is 1. The van der Waals surface area contributed by atoms with Crippen molar-refractivity contribution in [3.05, 3.63) is 29.6 Å². The van der Waals surface area contributed by atoms with Crippen molar-refractivity contribution in [2.24, 2.45) is 0 Å². The zero-order valence-corrected chi connectivity index (χ0v) is 9.94. The van der Waals surface area contributed by atoms with E-state index in [1.807, 2.05) is 0 Å². The molecular formula is C9H6FN5O3S. The highest BCUT2D eigenvalue weighted by Crippen LogP contribution is 2.15. The number of amides is 2. The summed E-state index contributed by atoms with van der Waals surface area (Å²) < 4.78 is 16.6. The Balaban J connectivity index is 2.09. The number of aromatic nitrogens is 3. The van der Waals surface area contributed by atoms with Crippen LogP contribution in [0.4, 0.5) is 20.0 Å². The van der Waals surface area contributed by atoms with E-state index in [1.165, 1.54) is 6.07 Å². The maximum atomic E-state index is 13.1. The van der Waals surface area contributed by atoms with Gasteiger partial charge in [0, 0.05) is 17.2 Å². The van der Waals surface area contributed by atoms with E-state index in [9.17, 15) is 14.0 Å². The number of carbonyl (C=O) groups excluding carboxylic acids is 1. The number of benzene rings is 1. The molecular weight excluding hydrogens is 277 g/mol. The molecule has 0 spiro atoms. The summed E-state index contributed by atoms with van der Waals surface area (Å²) in [4.78, 5) is 22.2. The van der Waals surface area contributed by atoms with Crippen LogP contribution < -0.4 is 10.6 Å². The first kappa shape index (κ1) is 12.8. The van der Waals surface area contributed by atoms with Crippen LogP contribution in [0.15, 0.2) is 18.2 Å². The summed E-state index contributed by atoms with van der Waals surface area (Å²) in [6, 6.07) is 2.53. The van der Waals surface area contributed by atoms with Gasteiger partial charge in [0.05, 0.1) is 5.56 Å². The number of carboxylic acid groups (broad SMARTS) is 1. The molecule has 0 saturated heterocycles. The van der Waals surface area contributed by atoms with Crippen LogP contribution in [0.3, 0.4) is 0 Å². The summed E-state index contributed by atoms with van der Waals surface area (Å²) in [5.41, 5.74) is -0.399. The largest absolute Gasteiger partial charge is 0.478 e. The first-order valence-electron chi connectivity index (χ1n) is 4.82. The molecule has 0 fully saturated rings. The van der Waals surface area contributed by atoms with E-state index in [0.29, 0.717) is 0 Å². The number of anilines is 2. The Morgan fingerprint density at radius 3 is 2.74 bits per heavy atom. The molecule has 0 unspecified atom stereocenters. The zero-order valence-electron chi connectivity index (χ0n) is 9.12. The van der Waals surface area contributed by atoms with Crippen LogP contribution in [0, 0.1) is 5.82 Å². The second-order valence-electron chi connectivity index (χ2n) is 3.25. The van der Waals surface area contributed by atoms with Crippen LogP contribution in [-0.2, 0) is 0 Å². The minimum Gasteiger partial charge on any atom is -0.478 e. The van der Waals surface area contributed by atoms with E-state index in [0.717, 1.165) is 23.7 Å². The van der Waals surface area contributed by atoms with E-state index in [1.54, 1.807) is 0 Å². The second kappa shape index (κ2) is 5.35. The van der Waals surface area contributed by atoms with Gasteiger partial charge in [0.1, 0.15) is 5.82 Å². The second-order valence-corrected chi connectivity index (χ2v) is 3.98. The molecule has 1 aromatic carbocycles. The van der Waals surface area contributed by atoms with Gasteiger partial charge in [-0.3, -0.25) is 5.32 Å². The van der Waals surface area contributed by atoms with E-state index in [4.69, 9.17) is 5.11 Å². The Labute approximate surface area is 109 Å². The summed E-state index contributed by atoms with van der Waals surface area (Å²) in [6.07, 6.45) is 0. The first-order chi connectivity index (χ1) is 9.06. The number of nitrogens with zero attached hydrogens (tertiary/aromatic N) is 3. The Bertz CT molecular complexity index is 618. The predicted octanol–water partition coefficient (Wildman–Crippen LogP) is 1.41. The van der Waals surface area contributed by atoms with Crippen LogP contribution >= 0.6 is 11.5 Å². The quantitative estimate of drug-likeness (QED) is 0.784. The van der Waals surface area contributed by atoms with E-state index in [-0.39, 0.29) is 10.8 Å². The molecule has 0 atom stereocenters. The molecule has 3 N–H and O–H groups in total. The van der Waals surface area contributed by atoms with Gasteiger partial charge in [-0.05, 0) is 23.4 Å². The fourth-order valence-corrected chi connectivity index (χ4v) is 1.57. The third kappa shape index (κ3) is 3.19. The topological polar surface area (TPSA) is 117 Å². The molecule has 10 heteroatoms. The number of hydrogen-bond acceptors (Lipinski definition) is 6. The molecule has 0 aliphatic heterocycles. The molecule has 2 rings (SSSR count). The maximum absolute atomic E-state index is 13.1. The molecule has 2 aromatic rings. The SMILES string of the molecule is O=C(Nc1ccc(F)c(C(=O)O)c1)Nc1nnns1. The lowest BCUT2D eigenvalue weighted by Crippen LogP contribution is -2.19. The van der Waals surface area contributed by atoms with Crippen molar-refractivity contribution in [3.8, 4) is 0 Å². The lowest BCUT2D eigenvalue weighted by molar-refractivity contribution is 0.0692. The molecule has 19 heavy (non-hydrogen) atoms. The minimum atomic E-state index is -1.42. The highest BCUT2D eigenvalue weighted by atomic mass is 32.1.